The van der Waals surface area contributed by atoms with Gasteiger partial charge in [-0.1, -0.05) is 18.2 Å². The fraction of sp³-hybridized carbons (Fsp3) is 0.125. The van der Waals surface area contributed by atoms with Gasteiger partial charge in [0.05, 0.1) is 29.5 Å². The minimum absolute atomic E-state index is 0.155. The van der Waals surface area contributed by atoms with Gasteiger partial charge >= 0.3 is 0 Å². The normalized spacial score (nSPS) is 11.0. The van der Waals surface area contributed by atoms with Crippen LogP contribution in [0.25, 0.3) is 11.0 Å². The van der Waals surface area contributed by atoms with Gasteiger partial charge in [-0.05, 0) is 30.7 Å². The second-order valence-corrected chi connectivity index (χ2v) is 4.84. The van der Waals surface area contributed by atoms with Crippen molar-refractivity contribution in [1.29, 1.82) is 0 Å². The molecule has 0 bridgehead atoms. The van der Waals surface area contributed by atoms with Crippen molar-refractivity contribution in [3.63, 3.8) is 0 Å². The Labute approximate surface area is 119 Å². The van der Waals surface area contributed by atoms with Crippen LogP contribution in [-0.4, -0.2) is 15.3 Å². The van der Waals surface area contributed by atoms with Gasteiger partial charge in [0.1, 0.15) is 11.6 Å². The van der Waals surface area contributed by atoms with Crippen molar-refractivity contribution in [3.8, 4) is 0 Å². The molecule has 0 radical (unpaired) electrons. The topological polar surface area (TPSA) is 34.9 Å². The van der Waals surface area contributed by atoms with Gasteiger partial charge in [0, 0.05) is 0 Å². The molecule has 0 atom stereocenters. The molecule has 0 N–H and O–H groups in total. The summed E-state index contributed by atoms with van der Waals surface area (Å²) in [6, 6.07) is 9.69. The van der Waals surface area contributed by atoms with Crippen LogP contribution in [0.15, 0.2) is 42.7 Å². The van der Waals surface area contributed by atoms with Gasteiger partial charge < -0.3 is 4.57 Å². The van der Waals surface area contributed by atoms with Crippen LogP contribution in [-0.2, 0) is 6.54 Å². The Balaban J connectivity index is 1.99. The number of benzene rings is 2. The molecular weight excluding hydrogens is 274 g/mol. The van der Waals surface area contributed by atoms with Crippen molar-refractivity contribution in [2.75, 3.05) is 0 Å². The van der Waals surface area contributed by atoms with E-state index in [0.29, 0.717) is 0 Å². The van der Waals surface area contributed by atoms with Crippen LogP contribution in [0.5, 0.6) is 0 Å². The molecule has 0 aliphatic rings. The molecule has 0 fully saturated rings. The zero-order valence-electron chi connectivity index (χ0n) is 11.3. The maximum Gasteiger partial charge on any atom is 0.188 e. The largest absolute Gasteiger partial charge is 0.323 e. The van der Waals surface area contributed by atoms with Gasteiger partial charge in [0.25, 0.3) is 0 Å². The van der Waals surface area contributed by atoms with E-state index >= 15 is 0 Å². The van der Waals surface area contributed by atoms with E-state index in [0.717, 1.165) is 17.1 Å². The van der Waals surface area contributed by atoms with Crippen LogP contribution < -0.4 is 0 Å². The highest BCUT2D eigenvalue weighted by molar-refractivity contribution is 5.97. The molecule has 0 saturated carbocycles. The molecule has 0 amide bonds. The highest BCUT2D eigenvalue weighted by atomic mass is 19.1. The summed E-state index contributed by atoms with van der Waals surface area (Å²) in [5, 5.41) is 0. The number of imidazole rings is 1. The Morgan fingerprint density at radius 1 is 1.19 bits per heavy atom. The minimum atomic E-state index is -0.840. The molecule has 106 valence electrons. The second-order valence-electron chi connectivity index (χ2n) is 4.84. The van der Waals surface area contributed by atoms with E-state index in [9.17, 15) is 13.6 Å². The second kappa shape index (κ2) is 5.09. The monoisotopic (exact) mass is 286 g/mol. The fourth-order valence-electron chi connectivity index (χ4n) is 2.28. The number of nitrogens with zero attached hydrogens (tertiary/aromatic N) is 2. The lowest BCUT2D eigenvalue weighted by Crippen LogP contribution is -2.14. The molecule has 1 aromatic heterocycles. The van der Waals surface area contributed by atoms with Crippen LogP contribution in [0.1, 0.15) is 15.9 Å². The van der Waals surface area contributed by atoms with Crippen molar-refractivity contribution < 1.29 is 13.6 Å². The fourth-order valence-corrected chi connectivity index (χ4v) is 2.28. The molecule has 3 nitrogen and oxygen atoms in total. The highest BCUT2D eigenvalue weighted by Crippen LogP contribution is 2.19. The summed E-state index contributed by atoms with van der Waals surface area (Å²) in [5.41, 5.74) is 1.23. The Morgan fingerprint density at radius 3 is 2.76 bits per heavy atom. The molecule has 0 saturated heterocycles. The van der Waals surface area contributed by atoms with Gasteiger partial charge in [-0.15, -0.1) is 0 Å². The average molecular weight is 286 g/mol. The number of carbonyl (C=O) groups excluding carboxylic acids is 1. The van der Waals surface area contributed by atoms with Crippen molar-refractivity contribution >= 4 is 16.8 Å². The van der Waals surface area contributed by atoms with Crippen molar-refractivity contribution in [2.24, 2.45) is 0 Å². The Morgan fingerprint density at radius 2 is 1.95 bits per heavy atom. The van der Waals surface area contributed by atoms with Crippen LogP contribution in [0.4, 0.5) is 8.78 Å². The van der Waals surface area contributed by atoms with Crippen molar-refractivity contribution in [2.45, 2.75) is 13.5 Å². The lowest BCUT2D eigenvalue weighted by atomic mass is 10.1. The molecule has 0 unspecified atom stereocenters. The number of carbonyl (C=O) groups is 1. The molecular formula is C16H12F2N2O. The summed E-state index contributed by atoms with van der Waals surface area (Å²) < 4.78 is 29.3. The van der Waals surface area contributed by atoms with Gasteiger partial charge in [0.15, 0.2) is 5.78 Å². The average Bonchev–Trinajstić information content (AvgIpc) is 2.87. The number of fused-ring (bicyclic) bond motifs is 1. The van der Waals surface area contributed by atoms with Gasteiger partial charge in [-0.25, -0.2) is 13.8 Å². The third-order valence-corrected chi connectivity index (χ3v) is 3.40. The number of hydrogen-bond acceptors (Lipinski definition) is 2. The van der Waals surface area contributed by atoms with Crippen molar-refractivity contribution in [3.05, 3.63) is 65.5 Å². The van der Waals surface area contributed by atoms with Crippen molar-refractivity contribution in [1.82, 2.24) is 9.55 Å². The molecule has 5 heteroatoms. The summed E-state index contributed by atoms with van der Waals surface area (Å²) in [6.07, 6.45) is 1.49. The first-order chi connectivity index (χ1) is 10.1. The summed E-state index contributed by atoms with van der Waals surface area (Å²) >= 11 is 0. The summed E-state index contributed by atoms with van der Waals surface area (Å²) in [4.78, 5) is 16.4. The van der Waals surface area contributed by atoms with E-state index in [1.807, 2.05) is 18.2 Å². The zero-order chi connectivity index (χ0) is 15.0. The van der Waals surface area contributed by atoms with Crippen LogP contribution >= 0.6 is 0 Å². The molecule has 2 aromatic carbocycles. The third kappa shape index (κ3) is 2.31. The first-order valence-electron chi connectivity index (χ1n) is 6.45. The maximum atomic E-state index is 14.0. The van der Waals surface area contributed by atoms with Gasteiger partial charge in [-0.3, -0.25) is 4.79 Å². The lowest BCUT2D eigenvalue weighted by molar-refractivity contribution is 0.0965. The number of Topliss-reactive ketones (excluding diaryl/α,β-unsaturated/α-hetero) is 1. The lowest BCUT2D eigenvalue weighted by Gasteiger charge is -2.07. The Bertz CT molecular complexity index is 839. The van der Waals surface area contributed by atoms with E-state index in [1.165, 1.54) is 19.3 Å². The SMILES string of the molecule is Cc1ccc(F)c(C(=O)Cn2cnc3ccccc32)c1F. The molecule has 0 aliphatic heterocycles. The number of ketones is 1. The number of aryl methyl sites for hydroxylation is 1. The predicted molar refractivity (Wildman–Crippen MR) is 75.2 cm³/mol. The standard InChI is InChI=1S/C16H12F2N2O/c1-10-6-7-11(17)15(16(10)18)14(21)8-20-9-19-12-4-2-3-5-13(12)20/h2-7,9H,8H2,1H3. The highest BCUT2D eigenvalue weighted by Gasteiger charge is 2.19. The molecule has 21 heavy (non-hydrogen) atoms. The number of rotatable bonds is 3. The van der Waals surface area contributed by atoms with Crippen LogP contribution in [0.2, 0.25) is 0 Å². The Kier molecular flexibility index (Phi) is 3.25. The van der Waals surface area contributed by atoms with Crippen LogP contribution in [0, 0.1) is 18.6 Å². The molecule has 3 aromatic rings. The zero-order valence-corrected chi connectivity index (χ0v) is 11.3. The maximum absolute atomic E-state index is 14.0. The molecule has 3 rings (SSSR count). The molecule has 0 spiro atoms. The minimum Gasteiger partial charge on any atom is -0.323 e. The summed E-state index contributed by atoms with van der Waals surface area (Å²) in [7, 11) is 0. The smallest absolute Gasteiger partial charge is 0.188 e. The molecule has 0 aliphatic carbocycles. The third-order valence-electron chi connectivity index (χ3n) is 3.40. The van der Waals surface area contributed by atoms with E-state index in [1.54, 1.807) is 10.6 Å². The van der Waals surface area contributed by atoms with E-state index in [4.69, 9.17) is 0 Å². The number of aromatic nitrogens is 2. The first kappa shape index (κ1) is 13.4. The summed E-state index contributed by atoms with van der Waals surface area (Å²) in [6.45, 7) is 1.34. The van der Waals surface area contributed by atoms with E-state index in [-0.39, 0.29) is 12.1 Å². The summed E-state index contributed by atoms with van der Waals surface area (Å²) in [5.74, 6) is -2.26. The van der Waals surface area contributed by atoms with E-state index in [2.05, 4.69) is 4.98 Å². The number of hydrogen-bond donors (Lipinski definition) is 0. The number of halogens is 2. The van der Waals surface area contributed by atoms with Gasteiger partial charge in [0.2, 0.25) is 0 Å². The van der Waals surface area contributed by atoms with Gasteiger partial charge in [-0.2, -0.15) is 0 Å². The first-order valence-corrected chi connectivity index (χ1v) is 6.45. The molecule has 1 heterocycles. The quantitative estimate of drug-likeness (QED) is 0.691. The Hall–Kier alpha value is -2.56. The predicted octanol–water partition coefficient (Wildman–Crippen LogP) is 3.51. The van der Waals surface area contributed by atoms with Crippen LogP contribution in [0.3, 0.4) is 0 Å². The number of para-hydroxylation sites is 2. The van der Waals surface area contributed by atoms with E-state index < -0.39 is 23.0 Å².